The van der Waals surface area contributed by atoms with E-state index in [0.29, 0.717) is 0 Å². The van der Waals surface area contributed by atoms with Crippen LogP contribution in [0.15, 0.2) is 36.8 Å². The molecule has 2 N–H and O–H groups in total. The topological polar surface area (TPSA) is 80.0 Å². The van der Waals surface area contributed by atoms with E-state index in [1.54, 1.807) is 12.1 Å². The van der Waals surface area contributed by atoms with Crippen molar-refractivity contribution in [1.82, 2.24) is 19.9 Å². The van der Waals surface area contributed by atoms with Crippen molar-refractivity contribution in [3.63, 3.8) is 0 Å². The van der Waals surface area contributed by atoms with Crippen molar-refractivity contribution < 1.29 is 23.1 Å². The van der Waals surface area contributed by atoms with Gasteiger partial charge >= 0.3 is 6.18 Å². The first kappa shape index (κ1) is 16.9. The van der Waals surface area contributed by atoms with Crippen LogP contribution in [-0.4, -0.2) is 38.3 Å². The summed E-state index contributed by atoms with van der Waals surface area (Å²) in [6.45, 7) is -0.391. The molecule has 0 aliphatic heterocycles. The van der Waals surface area contributed by atoms with Crippen LogP contribution in [0.4, 0.5) is 13.2 Å². The molecule has 1 unspecified atom stereocenters. The highest BCUT2D eigenvalue weighted by Gasteiger charge is 2.57. The second kappa shape index (κ2) is 6.37. The number of aliphatic hydroxyl groups is 1. The van der Waals surface area contributed by atoms with Crippen LogP contribution in [-0.2, 0) is 12.6 Å². The Kier molecular flexibility index (Phi) is 4.69. The van der Waals surface area contributed by atoms with E-state index in [1.165, 1.54) is 31.7 Å². The van der Waals surface area contributed by atoms with Gasteiger partial charge in [-0.2, -0.15) is 13.2 Å². The highest BCUT2D eigenvalue weighted by molar-refractivity contribution is 5.92. The van der Waals surface area contributed by atoms with Crippen molar-refractivity contribution in [2.75, 3.05) is 6.54 Å². The number of alkyl halides is 3. The first-order chi connectivity index (χ1) is 10.8. The first-order valence-electron chi connectivity index (χ1n) is 6.72. The van der Waals surface area contributed by atoms with Gasteiger partial charge in [0.1, 0.15) is 11.5 Å². The zero-order valence-corrected chi connectivity index (χ0v) is 12.2. The van der Waals surface area contributed by atoms with Gasteiger partial charge in [-0.3, -0.25) is 9.78 Å². The number of aromatic nitrogens is 3. The van der Waals surface area contributed by atoms with E-state index in [4.69, 9.17) is 0 Å². The third-order valence-electron chi connectivity index (χ3n) is 3.33. The first-order valence-corrected chi connectivity index (χ1v) is 6.72. The number of halogens is 3. The minimum absolute atomic E-state index is 0.0834. The largest absolute Gasteiger partial charge is 0.424 e. The summed E-state index contributed by atoms with van der Waals surface area (Å²) in [5.74, 6) is -1.15. The van der Waals surface area contributed by atoms with Crippen LogP contribution in [0.2, 0.25) is 0 Å². The highest BCUT2D eigenvalue weighted by atomic mass is 19.4. The number of aryl methyl sites for hydroxylation is 1. The van der Waals surface area contributed by atoms with Gasteiger partial charge in [-0.05, 0) is 12.1 Å². The minimum atomic E-state index is -4.93. The molecular weight excluding hydrogens is 313 g/mol. The van der Waals surface area contributed by atoms with Crippen LogP contribution in [0.3, 0.4) is 0 Å². The van der Waals surface area contributed by atoms with Gasteiger partial charge in [0.2, 0.25) is 5.60 Å². The van der Waals surface area contributed by atoms with Crippen molar-refractivity contribution in [1.29, 1.82) is 0 Å². The number of carbonyl (C=O) groups is 1. The SMILES string of the molecule is Cn1ccnc1C(O)(CCNC(=O)c1ccccn1)C(F)(F)F. The summed E-state index contributed by atoms with van der Waals surface area (Å²) in [6.07, 6.45) is -1.83. The van der Waals surface area contributed by atoms with Crippen molar-refractivity contribution >= 4 is 5.91 Å². The molecule has 124 valence electrons. The second-order valence-corrected chi connectivity index (χ2v) is 4.94. The molecule has 0 spiro atoms. The predicted molar refractivity (Wildman–Crippen MR) is 74.3 cm³/mol. The lowest BCUT2D eigenvalue weighted by Crippen LogP contribution is -2.46. The molecule has 0 aromatic carbocycles. The van der Waals surface area contributed by atoms with Crippen molar-refractivity contribution in [3.8, 4) is 0 Å². The maximum atomic E-state index is 13.3. The summed E-state index contributed by atoms with van der Waals surface area (Å²) < 4.78 is 40.9. The Morgan fingerprint density at radius 1 is 1.30 bits per heavy atom. The molecule has 1 amide bonds. The van der Waals surface area contributed by atoms with Crippen LogP contribution in [0.5, 0.6) is 0 Å². The third kappa shape index (κ3) is 3.50. The van der Waals surface area contributed by atoms with Crippen LogP contribution < -0.4 is 5.32 Å². The quantitative estimate of drug-likeness (QED) is 0.869. The highest BCUT2D eigenvalue weighted by Crippen LogP contribution is 2.40. The normalized spacial score (nSPS) is 14.3. The average Bonchev–Trinajstić information content (AvgIpc) is 2.93. The average molecular weight is 328 g/mol. The van der Waals surface area contributed by atoms with Crippen molar-refractivity contribution in [2.45, 2.75) is 18.2 Å². The molecule has 0 bridgehead atoms. The molecule has 0 aliphatic carbocycles. The molecule has 0 saturated heterocycles. The van der Waals surface area contributed by atoms with Gasteiger partial charge in [0.05, 0.1) is 0 Å². The Morgan fingerprint density at radius 3 is 2.57 bits per heavy atom. The summed E-state index contributed by atoms with van der Waals surface area (Å²) >= 11 is 0. The van der Waals surface area contributed by atoms with Crippen LogP contribution in [0.1, 0.15) is 22.7 Å². The Balaban J connectivity index is 2.09. The van der Waals surface area contributed by atoms with Gasteiger partial charge in [0, 0.05) is 38.6 Å². The molecule has 6 nitrogen and oxygen atoms in total. The molecule has 0 fully saturated rings. The Morgan fingerprint density at radius 2 is 2.04 bits per heavy atom. The minimum Gasteiger partial charge on any atom is -0.374 e. The number of amides is 1. The molecule has 2 rings (SSSR count). The summed E-state index contributed by atoms with van der Waals surface area (Å²) in [6, 6.07) is 4.63. The lowest BCUT2D eigenvalue weighted by Gasteiger charge is -2.29. The number of nitrogens with zero attached hydrogens (tertiary/aromatic N) is 3. The van der Waals surface area contributed by atoms with E-state index < -0.39 is 36.5 Å². The molecule has 2 aromatic heterocycles. The Labute approximate surface area is 130 Å². The van der Waals surface area contributed by atoms with E-state index in [0.717, 1.165) is 4.57 Å². The number of nitrogens with one attached hydrogen (secondary N) is 1. The second-order valence-electron chi connectivity index (χ2n) is 4.94. The number of hydrogen-bond acceptors (Lipinski definition) is 4. The van der Waals surface area contributed by atoms with Gasteiger partial charge in [0.15, 0.2) is 0 Å². The molecule has 0 radical (unpaired) electrons. The maximum absolute atomic E-state index is 13.3. The molecule has 1 atom stereocenters. The Hall–Kier alpha value is -2.42. The van der Waals surface area contributed by atoms with Gasteiger partial charge in [-0.1, -0.05) is 6.07 Å². The fourth-order valence-electron chi connectivity index (χ4n) is 2.09. The van der Waals surface area contributed by atoms with E-state index in [2.05, 4.69) is 15.3 Å². The fourth-order valence-corrected chi connectivity index (χ4v) is 2.09. The number of hydrogen-bond donors (Lipinski definition) is 2. The summed E-state index contributed by atoms with van der Waals surface area (Å²) in [4.78, 5) is 19.1. The number of rotatable bonds is 5. The van der Waals surface area contributed by atoms with Gasteiger partial charge in [-0.15, -0.1) is 0 Å². The van der Waals surface area contributed by atoms with Gasteiger partial charge < -0.3 is 15.0 Å². The van der Waals surface area contributed by atoms with Crippen LogP contribution >= 0.6 is 0 Å². The van der Waals surface area contributed by atoms with E-state index in [9.17, 15) is 23.1 Å². The molecule has 2 aromatic rings. The lowest BCUT2D eigenvalue weighted by atomic mass is 9.97. The third-order valence-corrected chi connectivity index (χ3v) is 3.33. The van der Waals surface area contributed by atoms with Gasteiger partial charge in [0.25, 0.3) is 5.91 Å². The monoisotopic (exact) mass is 328 g/mol. The Bertz CT molecular complexity index is 672. The molecular formula is C14H15F3N4O2. The molecule has 0 aliphatic rings. The summed E-state index contributed by atoms with van der Waals surface area (Å²) in [5, 5.41) is 12.4. The van der Waals surface area contributed by atoms with Crippen molar-refractivity contribution in [2.24, 2.45) is 7.05 Å². The molecule has 2 heterocycles. The summed E-state index contributed by atoms with van der Waals surface area (Å²) in [5.41, 5.74) is -3.07. The van der Waals surface area contributed by atoms with Crippen LogP contribution in [0.25, 0.3) is 0 Å². The summed E-state index contributed by atoms with van der Waals surface area (Å²) in [7, 11) is 1.35. The number of pyridine rings is 1. The standard InChI is InChI=1S/C14H15F3N4O2/c1-21-9-8-20-12(21)13(23,14(15,16)17)5-7-19-11(22)10-4-2-3-6-18-10/h2-4,6,8-9,23H,5,7H2,1H3,(H,19,22). The number of imidazole rings is 1. The smallest absolute Gasteiger partial charge is 0.374 e. The fraction of sp³-hybridized carbons (Fsp3) is 0.357. The molecule has 23 heavy (non-hydrogen) atoms. The predicted octanol–water partition coefficient (Wildman–Crippen LogP) is 1.39. The van der Waals surface area contributed by atoms with Crippen molar-refractivity contribution in [3.05, 3.63) is 48.3 Å². The van der Waals surface area contributed by atoms with E-state index in [1.807, 2.05) is 0 Å². The lowest BCUT2D eigenvalue weighted by molar-refractivity contribution is -0.272. The van der Waals surface area contributed by atoms with E-state index in [-0.39, 0.29) is 5.69 Å². The van der Waals surface area contributed by atoms with Crippen LogP contribution in [0, 0.1) is 0 Å². The van der Waals surface area contributed by atoms with E-state index >= 15 is 0 Å². The zero-order valence-electron chi connectivity index (χ0n) is 12.2. The zero-order chi connectivity index (χ0) is 17.1. The molecule has 9 heteroatoms. The maximum Gasteiger partial charge on any atom is 0.424 e. The molecule has 0 saturated carbocycles. The van der Waals surface area contributed by atoms with Gasteiger partial charge in [-0.25, -0.2) is 4.98 Å². The number of carbonyl (C=O) groups excluding carboxylic acids is 1.